The van der Waals surface area contributed by atoms with Gasteiger partial charge in [-0.15, -0.1) is 0 Å². The SMILES string of the molecule is NCc1cccc(NC(=O)C2CCC(F)(F)CC2)c1. The van der Waals surface area contributed by atoms with Crippen LogP contribution in [0.25, 0.3) is 0 Å². The molecule has 0 radical (unpaired) electrons. The monoisotopic (exact) mass is 268 g/mol. The second-order valence-electron chi connectivity index (χ2n) is 5.02. The molecule has 0 spiro atoms. The second kappa shape index (κ2) is 5.65. The Morgan fingerprint density at radius 3 is 2.68 bits per heavy atom. The Hall–Kier alpha value is -1.49. The van der Waals surface area contributed by atoms with Gasteiger partial charge in [-0.2, -0.15) is 0 Å². The first-order valence-corrected chi connectivity index (χ1v) is 6.48. The highest BCUT2D eigenvalue weighted by atomic mass is 19.3. The van der Waals surface area contributed by atoms with Crippen molar-refractivity contribution in [1.82, 2.24) is 0 Å². The summed E-state index contributed by atoms with van der Waals surface area (Å²) in [6.07, 6.45) is 0.0900. The van der Waals surface area contributed by atoms with E-state index in [0.717, 1.165) is 5.56 Å². The van der Waals surface area contributed by atoms with Crippen molar-refractivity contribution in [2.75, 3.05) is 5.32 Å². The van der Waals surface area contributed by atoms with Gasteiger partial charge in [-0.25, -0.2) is 8.78 Å². The summed E-state index contributed by atoms with van der Waals surface area (Å²) in [5, 5.41) is 2.77. The molecule has 2 rings (SSSR count). The first-order chi connectivity index (χ1) is 9.00. The van der Waals surface area contributed by atoms with Gasteiger partial charge in [0.15, 0.2) is 0 Å². The molecule has 0 saturated heterocycles. The summed E-state index contributed by atoms with van der Waals surface area (Å²) < 4.78 is 26.0. The Balaban J connectivity index is 1.94. The number of hydrogen-bond acceptors (Lipinski definition) is 2. The third-order valence-electron chi connectivity index (χ3n) is 3.52. The number of benzene rings is 1. The van der Waals surface area contributed by atoms with Gasteiger partial charge < -0.3 is 11.1 Å². The molecule has 0 aliphatic heterocycles. The fourth-order valence-corrected chi connectivity index (χ4v) is 2.32. The normalized spacial score (nSPS) is 19.1. The van der Waals surface area contributed by atoms with E-state index in [9.17, 15) is 13.6 Å². The lowest BCUT2D eigenvalue weighted by atomic mass is 9.86. The van der Waals surface area contributed by atoms with Gasteiger partial charge in [0.1, 0.15) is 0 Å². The predicted octanol–water partition coefficient (Wildman–Crippen LogP) is 2.91. The minimum Gasteiger partial charge on any atom is -0.326 e. The molecule has 1 fully saturated rings. The van der Waals surface area contributed by atoms with Crippen molar-refractivity contribution in [3.8, 4) is 0 Å². The van der Waals surface area contributed by atoms with Crippen molar-refractivity contribution in [2.45, 2.75) is 38.2 Å². The number of carbonyl (C=O) groups excluding carboxylic acids is 1. The maximum Gasteiger partial charge on any atom is 0.248 e. The van der Waals surface area contributed by atoms with Crippen molar-refractivity contribution in [1.29, 1.82) is 0 Å². The van der Waals surface area contributed by atoms with Crippen molar-refractivity contribution in [3.63, 3.8) is 0 Å². The van der Waals surface area contributed by atoms with E-state index in [0.29, 0.717) is 12.2 Å². The Labute approximate surface area is 111 Å². The molecule has 0 atom stereocenters. The summed E-state index contributed by atoms with van der Waals surface area (Å²) in [4.78, 5) is 12.0. The van der Waals surface area contributed by atoms with Crippen molar-refractivity contribution in [2.24, 2.45) is 11.7 Å². The summed E-state index contributed by atoms with van der Waals surface area (Å²) in [5.74, 6) is -3.10. The highest BCUT2D eigenvalue weighted by Gasteiger charge is 2.37. The molecule has 0 heterocycles. The number of alkyl halides is 2. The molecular weight excluding hydrogens is 250 g/mol. The molecule has 1 saturated carbocycles. The maximum atomic E-state index is 13.0. The lowest BCUT2D eigenvalue weighted by Gasteiger charge is -2.27. The quantitative estimate of drug-likeness (QED) is 0.885. The Morgan fingerprint density at radius 2 is 2.05 bits per heavy atom. The number of hydrogen-bond donors (Lipinski definition) is 2. The van der Waals surface area contributed by atoms with E-state index in [-0.39, 0.29) is 37.5 Å². The molecule has 0 bridgehead atoms. The van der Waals surface area contributed by atoms with Gasteiger partial charge in [0.2, 0.25) is 11.8 Å². The van der Waals surface area contributed by atoms with E-state index < -0.39 is 5.92 Å². The van der Waals surface area contributed by atoms with E-state index in [1.54, 1.807) is 12.1 Å². The van der Waals surface area contributed by atoms with E-state index in [2.05, 4.69) is 5.32 Å². The zero-order chi connectivity index (χ0) is 13.9. The van der Waals surface area contributed by atoms with Crippen LogP contribution in [0.4, 0.5) is 14.5 Å². The zero-order valence-electron chi connectivity index (χ0n) is 10.7. The van der Waals surface area contributed by atoms with Gasteiger partial charge in [0.25, 0.3) is 0 Å². The molecule has 0 unspecified atom stereocenters. The van der Waals surface area contributed by atoms with Crippen LogP contribution in [-0.2, 0) is 11.3 Å². The average molecular weight is 268 g/mol. The fourth-order valence-electron chi connectivity index (χ4n) is 2.32. The van der Waals surface area contributed by atoms with Crippen LogP contribution >= 0.6 is 0 Å². The summed E-state index contributed by atoms with van der Waals surface area (Å²) in [6, 6.07) is 7.26. The minimum atomic E-state index is -2.60. The fraction of sp³-hybridized carbons (Fsp3) is 0.500. The lowest BCUT2D eigenvalue weighted by molar-refractivity contribution is -0.124. The molecule has 3 nitrogen and oxygen atoms in total. The Bertz CT molecular complexity index is 453. The topological polar surface area (TPSA) is 55.1 Å². The first-order valence-electron chi connectivity index (χ1n) is 6.48. The van der Waals surface area contributed by atoms with Crippen molar-refractivity contribution >= 4 is 11.6 Å². The van der Waals surface area contributed by atoms with Crippen LogP contribution in [0.1, 0.15) is 31.2 Å². The van der Waals surface area contributed by atoms with Crippen LogP contribution in [0.5, 0.6) is 0 Å². The molecular formula is C14H18F2N2O. The number of amides is 1. The van der Waals surface area contributed by atoms with Gasteiger partial charge in [-0.3, -0.25) is 4.79 Å². The van der Waals surface area contributed by atoms with Gasteiger partial charge in [0, 0.05) is 31.0 Å². The van der Waals surface area contributed by atoms with Crippen molar-refractivity contribution < 1.29 is 13.6 Å². The minimum absolute atomic E-state index is 0.176. The number of carbonyl (C=O) groups is 1. The third kappa shape index (κ3) is 3.73. The summed E-state index contributed by atoms with van der Waals surface area (Å²) in [6.45, 7) is 0.402. The van der Waals surface area contributed by atoms with Crippen LogP contribution in [0.3, 0.4) is 0 Å². The molecule has 1 aliphatic carbocycles. The molecule has 1 amide bonds. The van der Waals surface area contributed by atoms with Crippen LogP contribution in [-0.4, -0.2) is 11.8 Å². The zero-order valence-corrected chi connectivity index (χ0v) is 10.7. The largest absolute Gasteiger partial charge is 0.326 e. The van der Waals surface area contributed by atoms with Crippen LogP contribution in [0.2, 0.25) is 0 Å². The lowest BCUT2D eigenvalue weighted by Crippen LogP contribution is -2.31. The second-order valence-corrected chi connectivity index (χ2v) is 5.02. The summed E-state index contributed by atoms with van der Waals surface area (Å²) in [7, 11) is 0. The Kier molecular flexibility index (Phi) is 4.14. The van der Waals surface area contributed by atoms with E-state index in [1.807, 2.05) is 12.1 Å². The molecule has 1 aromatic carbocycles. The number of nitrogens with one attached hydrogen (secondary N) is 1. The maximum absolute atomic E-state index is 13.0. The van der Waals surface area contributed by atoms with E-state index >= 15 is 0 Å². The molecule has 104 valence electrons. The summed E-state index contributed by atoms with van der Waals surface area (Å²) in [5.41, 5.74) is 7.12. The number of rotatable bonds is 3. The summed E-state index contributed by atoms with van der Waals surface area (Å²) >= 11 is 0. The number of anilines is 1. The van der Waals surface area contributed by atoms with Crippen molar-refractivity contribution in [3.05, 3.63) is 29.8 Å². The molecule has 3 N–H and O–H groups in total. The van der Waals surface area contributed by atoms with Crippen LogP contribution in [0, 0.1) is 5.92 Å². The van der Waals surface area contributed by atoms with Crippen LogP contribution in [0.15, 0.2) is 24.3 Å². The highest BCUT2D eigenvalue weighted by Crippen LogP contribution is 2.36. The average Bonchev–Trinajstić information content (AvgIpc) is 2.38. The van der Waals surface area contributed by atoms with E-state index in [1.165, 1.54) is 0 Å². The van der Waals surface area contributed by atoms with Gasteiger partial charge in [-0.1, -0.05) is 12.1 Å². The van der Waals surface area contributed by atoms with Gasteiger partial charge >= 0.3 is 0 Å². The molecule has 19 heavy (non-hydrogen) atoms. The molecule has 5 heteroatoms. The van der Waals surface area contributed by atoms with E-state index in [4.69, 9.17) is 5.73 Å². The third-order valence-corrected chi connectivity index (χ3v) is 3.52. The highest BCUT2D eigenvalue weighted by molar-refractivity contribution is 5.92. The van der Waals surface area contributed by atoms with Gasteiger partial charge in [-0.05, 0) is 30.5 Å². The van der Waals surface area contributed by atoms with Crippen LogP contribution < -0.4 is 11.1 Å². The molecule has 1 aliphatic rings. The first kappa shape index (κ1) is 13.9. The smallest absolute Gasteiger partial charge is 0.248 e. The standard InChI is InChI=1S/C14H18F2N2O/c15-14(16)6-4-11(5-7-14)13(19)18-12-3-1-2-10(8-12)9-17/h1-3,8,11H,4-7,9,17H2,(H,18,19). The Morgan fingerprint density at radius 1 is 1.37 bits per heavy atom. The predicted molar refractivity (Wildman–Crippen MR) is 69.9 cm³/mol. The number of halogens is 2. The molecule has 1 aromatic rings. The number of nitrogens with two attached hydrogens (primary N) is 1. The molecule has 0 aromatic heterocycles. The van der Waals surface area contributed by atoms with Gasteiger partial charge in [0.05, 0.1) is 0 Å².